The molecular weight excluding hydrogens is 322 g/mol. The first-order valence-electron chi connectivity index (χ1n) is 6.97. The molecule has 1 saturated carbocycles. The predicted molar refractivity (Wildman–Crippen MR) is 79.5 cm³/mol. The highest BCUT2D eigenvalue weighted by atomic mass is 79.9. The molecule has 0 amide bonds. The zero-order valence-corrected chi connectivity index (χ0v) is 13.0. The number of nitrogens with zero attached hydrogens (tertiary/aromatic N) is 1. The molecule has 1 aromatic rings. The summed E-state index contributed by atoms with van der Waals surface area (Å²) in [6, 6.07) is 10.1. The van der Waals surface area contributed by atoms with Gasteiger partial charge in [0.2, 0.25) is 0 Å². The molecule has 4 nitrogen and oxygen atoms in total. The van der Waals surface area contributed by atoms with Gasteiger partial charge in [0, 0.05) is 29.0 Å². The quantitative estimate of drug-likeness (QED) is 0.774. The van der Waals surface area contributed by atoms with Crippen LogP contribution in [-0.4, -0.2) is 22.4 Å². The summed E-state index contributed by atoms with van der Waals surface area (Å²) in [7, 11) is 1.63. The van der Waals surface area contributed by atoms with E-state index in [0.717, 1.165) is 31.2 Å². The normalized spacial score (nSPS) is 33.5. The van der Waals surface area contributed by atoms with Crippen LogP contribution in [0.2, 0.25) is 0 Å². The van der Waals surface area contributed by atoms with Crippen LogP contribution in [-0.2, 0) is 9.57 Å². The van der Waals surface area contributed by atoms with E-state index < -0.39 is 5.79 Å². The maximum Gasteiger partial charge on any atom is 0.294 e. The lowest BCUT2D eigenvalue weighted by Crippen LogP contribution is -2.54. The van der Waals surface area contributed by atoms with Gasteiger partial charge in [0.1, 0.15) is 0 Å². The van der Waals surface area contributed by atoms with Crippen molar-refractivity contribution in [2.45, 2.75) is 37.4 Å². The van der Waals surface area contributed by atoms with Gasteiger partial charge in [-0.15, -0.1) is 0 Å². The van der Waals surface area contributed by atoms with E-state index in [0.29, 0.717) is 9.52 Å². The molecule has 1 aliphatic carbocycles. The number of fused-ring (bicyclic) bond motifs is 1. The fourth-order valence-corrected chi connectivity index (χ4v) is 4.12. The second-order valence-electron chi connectivity index (χ2n) is 5.43. The fraction of sp³-hybridized carbons (Fsp3) is 0.533. The van der Waals surface area contributed by atoms with Crippen LogP contribution < -0.4 is 0 Å². The van der Waals surface area contributed by atoms with E-state index in [9.17, 15) is 5.21 Å². The zero-order valence-electron chi connectivity index (χ0n) is 11.4. The van der Waals surface area contributed by atoms with Crippen LogP contribution in [0.15, 0.2) is 30.3 Å². The van der Waals surface area contributed by atoms with E-state index in [1.54, 1.807) is 7.11 Å². The molecule has 20 heavy (non-hydrogen) atoms. The highest BCUT2D eigenvalue weighted by molar-refractivity contribution is 9.18. The first-order valence-corrected chi connectivity index (χ1v) is 7.76. The number of halogens is 1. The van der Waals surface area contributed by atoms with E-state index in [4.69, 9.17) is 9.57 Å². The summed E-state index contributed by atoms with van der Waals surface area (Å²) in [6.07, 6.45) is 3.92. The average molecular weight is 340 g/mol. The fourth-order valence-electron chi connectivity index (χ4n) is 3.46. The van der Waals surface area contributed by atoms with Gasteiger partial charge in [-0.05, 0) is 24.8 Å². The monoisotopic (exact) mass is 339 g/mol. The molecule has 1 heterocycles. The van der Waals surface area contributed by atoms with Gasteiger partial charge in [0.25, 0.3) is 4.62 Å². The number of rotatable bonds is 2. The van der Waals surface area contributed by atoms with Gasteiger partial charge >= 0.3 is 0 Å². The summed E-state index contributed by atoms with van der Waals surface area (Å²) in [4.78, 5) is 6.15. The topological polar surface area (TPSA) is 44.5 Å². The van der Waals surface area contributed by atoms with E-state index in [-0.39, 0.29) is 11.8 Å². The maximum absolute atomic E-state index is 12.1. The summed E-state index contributed by atoms with van der Waals surface area (Å²) in [6.45, 7) is 0. The van der Waals surface area contributed by atoms with Crippen molar-refractivity contribution >= 4 is 20.6 Å². The van der Waals surface area contributed by atoms with Crippen molar-refractivity contribution in [3.8, 4) is 0 Å². The van der Waals surface area contributed by atoms with E-state index >= 15 is 0 Å². The van der Waals surface area contributed by atoms with Crippen molar-refractivity contribution in [3.63, 3.8) is 0 Å². The van der Waals surface area contributed by atoms with Gasteiger partial charge in [-0.25, -0.2) is 0 Å². The van der Waals surface area contributed by atoms with E-state index in [1.807, 2.05) is 18.2 Å². The number of methoxy groups -OCH3 is 1. The molecule has 0 saturated heterocycles. The van der Waals surface area contributed by atoms with Crippen LogP contribution in [0.3, 0.4) is 0 Å². The lowest BCUT2D eigenvalue weighted by molar-refractivity contribution is -0.792. The molecule has 5 heteroatoms. The summed E-state index contributed by atoms with van der Waals surface area (Å²) < 4.78 is 6.19. The maximum atomic E-state index is 12.1. The molecule has 1 aliphatic heterocycles. The Balaban J connectivity index is 2.08. The predicted octanol–water partition coefficient (Wildman–Crippen LogP) is 3.55. The molecule has 0 radical (unpaired) electrons. The Kier molecular flexibility index (Phi) is 3.73. The number of benzene rings is 1. The smallest absolute Gasteiger partial charge is 0.294 e. The lowest BCUT2D eigenvalue weighted by atomic mass is 9.72. The standard InChI is InChI=1S/C15H18BrNO3/c1-19-15-10-6-5-9-12(15)13(14(16)17(18)20-15)11-7-3-2-4-8-11/h2-4,7-8,12-13H,5-6,9-10H2,1H3/t12-,13-,15-/m0/s1. The summed E-state index contributed by atoms with van der Waals surface area (Å²) in [5.74, 6) is -0.649. The molecule has 0 unspecified atom stereocenters. The minimum absolute atomic E-state index is 0.0114. The average Bonchev–Trinajstić information content (AvgIpc) is 2.49. The molecule has 3 rings (SSSR count). The van der Waals surface area contributed by atoms with Crippen LogP contribution in [0.4, 0.5) is 0 Å². The van der Waals surface area contributed by atoms with E-state index in [2.05, 4.69) is 28.1 Å². The molecule has 1 aromatic carbocycles. The molecule has 3 atom stereocenters. The summed E-state index contributed by atoms with van der Waals surface area (Å²) >= 11 is 3.42. The third-order valence-electron chi connectivity index (χ3n) is 4.43. The number of hydrogen-bond acceptors (Lipinski definition) is 3. The number of ether oxygens (including phenoxy) is 1. The second kappa shape index (κ2) is 5.37. The van der Waals surface area contributed by atoms with Gasteiger partial charge in [0.05, 0.1) is 10.8 Å². The lowest BCUT2D eigenvalue weighted by Gasteiger charge is -2.48. The zero-order chi connectivity index (χ0) is 14.2. The highest BCUT2D eigenvalue weighted by Crippen LogP contribution is 2.49. The minimum Gasteiger partial charge on any atom is -0.368 e. The van der Waals surface area contributed by atoms with Crippen molar-refractivity contribution in [1.29, 1.82) is 0 Å². The third-order valence-corrected chi connectivity index (χ3v) is 5.21. The molecule has 0 spiro atoms. The number of hydrogen-bond donors (Lipinski definition) is 0. The molecule has 0 bridgehead atoms. The highest BCUT2D eigenvalue weighted by Gasteiger charge is 2.53. The Morgan fingerprint density at radius 3 is 2.80 bits per heavy atom. The Morgan fingerprint density at radius 1 is 1.35 bits per heavy atom. The van der Waals surface area contributed by atoms with Crippen LogP contribution in [0, 0.1) is 11.1 Å². The molecule has 2 aliphatic rings. The summed E-state index contributed by atoms with van der Waals surface area (Å²) in [5, 5.41) is 12.1. The molecule has 1 fully saturated rings. The summed E-state index contributed by atoms with van der Waals surface area (Å²) in [5.41, 5.74) is 1.12. The first kappa shape index (κ1) is 13.9. The van der Waals surface area contributed by atoms with E-state index in [1.165, 1.54) is 0 Å². The SMILES string of the molecule is CO[C@]12CCCC[C@H]1[C@H](c1ccccc1)C(Br)=[N+]([O-])O2. The minimum atomic E-state index is -0.794. The van der Waals surface area contributed by atoms with Crippen molar-refractivity contribution in [1.82, 2.24) is 0 Å². The van der Waals surface area contributed by atoms with Gasteiger partial charge in [-0.3, -0.25) is 5.21 Å². The second-order valence-corrected chi connectivity index (χ2v) is 6.24. The largest absolute Gasteiger partial charge is 0.368 e. The molecular formula is C15H18BrNO3. The van der Waals surface area contributed by atoms with Crippen LogP contribution in [0.1, 0.15) is 37.2 Å². The van der Waals surface area contributed by atoms with Crippen molar-refractivity contribution in [2.24, 2.45) is 5.92 Å². The Morgan fingerprint density at radius 2 is 2.10 bits per heavy atom. The van der Waals surface area contributed by atoms with Gasteiger partial charge in [0.15, 0.2) is 5.79 Å². The van der Waals surface area contributed by atoms with Crippen molar-refractivity contribution in [3.05, 3.63) is 41.1 Å². The van der Waals surface area contributed by atoms with Gasteiger partial charge < -0.3 is 9.57 Å². The van der Waals surface area contributed by atoms with Gasteiger partial charge in [-0.2, -0.15) is 0 Å². The Hall–Kier alpha value is -1.07. The Labute approximate surface area is 127 Å². The third kappa shape index (κ3) is 2.13. The van der Waals surface area contributed by atoms with Crippen molar-refractivity contribution < 1.29 is 14.5 Å². The van der Waals surface area contributed by atoms with Crippen LogP contribution >= 0.6 is 15.9 Å². The van der Waals surface area contributed by atoms with Crippen LogP contribution in [0.25, 0.3) is 0 Å². The van der Waals surface area contributed by atoms with Crippen LogP contribution in [0.5, 0.6) is 0 Å². The molecule has 0 N–H and O–H groups in total. The molecule has 0 aromatic heterocycles. The van der Waals surface area contributed by atoms with Crippen molar-refractivity contribution in [2.75, 3.05) is 7.11 Å². The molecule has 108 valence electrons. The van der Waals surface area contributed by atoms with Gasteiger partial charge in [-0.1, -0.05) is 36.8 Å². The first-order chi connectivity index (χ1) is 9.68. The Bertz CT molecular complexity index is 519.